The topological polar surface area (TPSA) is 40.0 Å². The Hall–Kier alpha value is -1.06. The number of benzene rings is 1. The second kappa shape index (κ2) is 10.7. The minimum atomic E-state index is -2.16. The van der Waals surface area contributed by atoms with E-state index in [0.29, 0.717) is 0 Å². The molecule has 4 nitrogen and oxygen atoms in total. The van der Waals surface area contributed by atoms with Crippen molar-refractivity contribution in [1.29, 1.82) is 0 Å². The van der Waals surface area contributed by atoms with Crippen LogP contribution in [0, 0.1) is 0 Å². The Morgan fingerprint density at radius 3 is 1.31 bits per heavy atom. The van der Waals surface area contributed by atoms with E-state index in [4.69, 9.17) is 13.3 Å². The summed E-state index contributed by atoms with van der Waals surface area (Å²) in [5.41, 5.74) is 1.00. The van der Waals surface area contributed by atoms with Crippen LogP contribution in [0.4, 0.5) is 0 Å². The zero-order valence-electron chi connectivity index (χ0n) is 25.8. The van der Waals surface area contributed by atoms with Crippen molar-refractivity contribution in [2.45, 2.75) is 130 Å². The molecule has 202 valence electrons. The zero-order chi connectivity index (χ0) is 27.7. The molecule has 0 N–H and O–H groups in total. The fourth-order valence-corrected chi connectivity index (χ4v) is 5.52. The maximum Gasteiger partial charge on any atom is 0.250 e. The van der Waals surface area contributed by atoms with Gasteiger partial charge in [-0.15, -0.1) is 0 Å². The van der Waals surface area contributed by atoms with Crippen molar-refractivity contribution >= 4 is 31.2 Å². The molecule has 0 heterocycles. The molecule has 0 saturated carbocycles. The highest BCUT2D eigenvalue weighted by atomic mass is 28.4. The molecular weight excluding hydrogens is 483 g/mol. The van der Waals surface area contributed by atoms with Crippen LogP contribution in [-0.4, -0.2) is 37.7 Å². The summed E-state index contributed by atoms with van der Waals surface area (Å²) in [5, 5.41) is 0.179. The van der Waals surface area contributed by atoms with E-state index in [1.54, 1.807) is 0 Å². The lowest BCUT2D eigenvalue weighted by molar-refractivity contribution is 0.412. The van der Waals surface area contributed by atoms with Crippen LogP contribution in [0.3, 0.4) is 0 Å². The van der Waals surface area contributed by atoms with Gasteiger partial charge in [-0.1, -0.05) is 69.2 Å². The molecule has 35 heavy (non-hydrogen) atoms. The van der Waals surface area contributed by atoms with E-state index in [-0.39, 0.29) is 15.1 Å². The van der Waals surface area contributed by atoms with Crippen LogP contribution >= 0.6 is 0 Å². The van der Waals surface area contributed by atoms with Crippen LogP contribution in [0.5, 0.6) is 17.2 Å². The first kappa shape index (κ1) is 32.0. The second-order valence-corrected chi connectivity index (χ2v) is 28.6. The van der Waals surface area contributed by atoms with E-state index in [2.05, 4.69) is 126 Å². The van der Waals surface area contributed by atoms with E-state index in [0.717, 1.165) is 35.8 Å². The van der Waals surface area contributed by atoms with Crippen molar-refractivity contribution in [3.8, 4) is 17.2 Å². The lowest BCUT2D eigenvalue weighted by Crippen LogP contribution is -2.47. The Labute approximate surface area is 220 Å². The van der Waals surface area contributed by atoms with Crippen molar-refractivity contribution < 1.29 is 13.3 Å². The van der Waals surface area contributed by atoms with Gasteiger partial charge in [0.25, 0.3) is 25.0 Å². The Morgan fingerprint density at radius 2 is 1.00 bits per heavy atom. The van der Waals surface area contributed by atoms with Crippen LogP contribution in [0.2, 0.25) is 54.4 Å². The molecule has 0 saturated heterocycles. The summed E-state index contributed by atoms with van der Waals surface area (Å²) in [4.78, 5) is 4.63. The molecule has 0 atom stereocenters. The first-order chi connectivity index (χ1) is 15.5. The molecule has 0 radical (unpaired) electrons. The van der Waals surface area contributed by atoms with Crippen molar-refractivity contribution in [2.75, 3.05) is 6.54 Å². The largest absolute Gasteiger partial charge is 0.541 e. The zero-order valence-corrected chi connectivity index (χ0v) is 28.8. The molecule has 1 aromatic carbocycles. The molecule has 1 rings (SSSR count). The third-order valence-electron chi connectivity index (χ3n) is 8.14. The molecule has 0 unspecified atom stereocenters. The quantitative estimate of drug-likeness (QED) is 0.232. The maximum atomic E-state index is 7.02. The predicted octanol–water partition coefficient (Wildman–Crippen LogP) is 9.67. The first-order valence-corrected chi connectivity index (χ1v) is 21.9. The van der Waals surface area contributed by atoms with Crippen LogP contribution in [0.15, 0.2) is 17.1 Å². The number of nitrogens with zero attached hydrogens (tertiary/aromatic N) is 1. The van der Waals surface area contributed by atoms with Gasteiger partial charge in [-0.25, -0.2) is 0 Å². The average molecular weight is 538 g/mol. The van der Waals surface area contributed by atoms with Gasteiger partial charge in [0.1, 0.15) is 11.5 Å². The molecule has 0 aliphatic carbocycles. The second-order valence-electron chi connectivity index (χ2n) is 14.5. The van der Waals surface area contributed by atoms with Crippen LogP contribution in [0.1, 0.15) is 81.2 Å². The van der Waals surface area contributed by atoms with Crippen molar-refractivity contribution in [3.63, 3.8) is 0 Å². The monoisotopic (exact) mass is 537 g/mol. The SMILES string of the molecule is CCCN=Cc1cc(O[Si](C)(C)C(C)(C)C)c(O[Si](C)(C)C(C)(C)C)c(O[Si](C)(C)C(C)(C)C)c1. The van der Waals surface area contributed by atoms with Crippen molar-refractivity contribution in [1.82, 2.24) is 0 Å². The van der Waals surface area contributed by atoms with Gasteiger partial charge in [-0.2, -0.15) is 0 Å². The van der Waals surface area contributed by atoms with Crippen molar-refractivity contribution in [2.24, 2.45) is 4.99 Å². The van der Waals surface area contributed by atoms with E-state index < -0.39 is 25.0 Å². The van der Waals surface area contributed by atoms with Gasteiger partial charge in [0.2, 0.25) is 0 Å². The minimum absolute atomic E-state index is 0.0523. The van der Waals surface area contributed by atoms with E-state index in [1.165, 1.54) is 0 Å². The number of aliphatic imine (C=N–C) groups is 1. The Morgan fingerprint density at radius 1 is 0.657 bits per heavy atom. The van der Waals surface area contributed by atoms with E-state index >= 15 is 0 Å². The highest BCUT2D eigenvalue weighted by Crippen LogP contribution is 2.49. The fourth-order valence-electron chi connectivity index (χ4n) is 2.49. The Kier molecular flexibility index (Phi) is 9.81. The minimum Gasteiger partial charge on any atom is -0.541 e. The summed E-state index contributed by atoms with van der Waals surface area (Å²) in [5.74, 6) is 2.38. The fraction of sp³-hybridized carbons (Fsp3) is 0.750. The summed E-state index contributed by atoms with van der Waals surface area (Å²) in [6.45, 7) is 37.1. The smallest absolute Gasteiger partial charge is 0.250 e. The summed E-state index contributed by atoms with van der Waals surface area (Å²) in [6, 6.07) is 4.22. The van der Waals surface area contributed by atoms with Crippen LogP contribution < -0.4 is 13.3 Å². The Bertz CT molecular complexity index is 837. The molecule has 1 aromatic rings. The lowest BCUT2D eigenvalue weighted by atomic mass is 10.2. The normalized spacial score (nSPS) is 14.4. The molecule has 0 spiro atoms. The van der Waals surface area contributed by atoms with Gasteiger partial charge in [0, 0.05) is 12.8 Å². The first-order valence-electron chi connectivity index (χ1n) is 13.2. The summed E-state index contributed by atoms with van der Waals surface area (Å²) in [6.07, 6.45) is 2.97. The third-order valence-corrected chi connectivity index (χ3v) is 21.2. The van der Waals surface area contributed by atoms with Gasteiger partial charge in [-0.3, -0.25) is 4.99 Å². The highest BCUT2D eigenvalue weighted by molar-refractivity contribution is 6.76. The molecule has 0 bridgehead atoms. The van der Waals surface area contributed by atoms with Gasteiger partial charge in [0.05, 0.1) is 0 Å². The van der Waals surface area contributed by atoms with Crippen LogP contribution in [-0.2, 0) is 0 Å². The van der Waals surface area contributed by atoms with Gasteiger partial charge >= 0.3 is 0 Å². The summed E-state index contributed by atoms with van der Waals surface area (Å²) < 4.78 is 20.9. The van der Waals surface area contributed by atoms with Crippen LogP contribution in [0.25, 0.3) is 0 Å². The lowest BCUT2D eigenvalue weighted by Gasteiger charge is -2.42. The molecular formula is C28H55NO3Si3. The number of hydrogen-bond donors (Lipinski definition) is 0. The molecule has 0 fully saturated rings. The third kappa shape index (κ3) is 8.22. The molecule has 0 aliphatic heterocycles. The average Bonchev–Trinajstić information content (AvgIpc) is 2.61. The standard InChI is InChI=1S/C28H55NO3Si3/c1-17-18-29-21-22-19-23(30-33(11,12)26(2,3)4)25(32-35(15,16)28(8,9)10)24(20-22)31-34(13,14)27(5,6)7/h19-21H,17-18H2,1-16H3. The Balaban J connectivity index is 3.91. The maximum absolute atomic E-state index is 7.02. The van der Waals surface area contributed by atoms with E-state index in [9.17, 15) is 0 Å². The van der Waals surface area contributed by atoms with Gasteiger partial charge < -0.3 is 13.3 Å². The molecule has 0 aliphatic rings. The highest BCUT2D eigenvalue weighted by Gasteiger charge is 2.44. The number of rotatable bonds is 9. The van der Waals surface area contributed by atoms with Gasteiger partial charge in [0.15, 0.2) is 5.75 Å². The summed E-state index contributed by atoms with van der Waals surface area (Å²) in [7, 11) is -6.42. The predicted molar refractivity (Wildman–Crippen MR) is 163 cm³/mol. The molecule has 7 heteroatoms. The molecule has 0 amide bonds. The van der Waals surface area contributed by atoms with E-state index in [1.807, 2.05) is 6.21 Å². The van der Waals surface area contributed by atoms with Gasteiger partial charge in [-0.05, 0) is 78.5 Å². The number of hydrogen-bond acceptors (Lipinski definition) is 4. The molecule has 0 aromatic heterocycles. The van der Waals surface area contributed by atoms with Crippen molar-refractivity contribution in [3.05, 3.63) is 17.7 Å². The summed E-state index contributed by atoms with van der Waals surface area (Å²) >= 11 is 0.